The number of methoxy groups -OCH3 is 1. The molecule has 0 aliphatic carbocycles. The van der Waals surface area contributed by atoms with E-state index in [1.807, 2.05) is 6.07 Å². The minimum atomic E-state index is -1.47. The van der Waals surface area contributed by atoms with Gasteiger partial charge in [0.05, 0.1) is 18.7 Å². The van der Waals surface area contributed by atoms with Crippen molar-refractivity contribution in [3.63, 3.8) is 0 Å². The van der Waals surface area contributed by atoms with Crippen molar-refractivity contribution < 1.29 is 23.9 Å². The predicted molar refractivity (Wildman–Crippen MR) is 118 cm³/mol. The SMILES string of the molecule is COc1ccc2c(c1)[C@@](c1ccccc1)([C@@H]1CC(=O)N(c3ccc(Cl)cc3)C1=O)C(=O)O2. The molecule has 2 amide bonds. The summed E-state index contributed by atoms with van der Waals surface area (Å²) in [6.45, 7) is 0. The minimum Gasteiger partial charge on any atom is -0.497 e. The van der Waals surface area contributed by atoms with Gasteiger partial charge in [-0.3, -0.25) is 19.3 Å². The van der Waals surface area contributed by atoms with Crippen LogP contribution in [0.4, 0.5) is 5.69 Å². The van der Waals surface area contributed by atoms with Crippen LogP contribution < -0.4 is 14.4 Å². The van der Waals surface area contributed by atoms with Crippen LogP contribution in [0, 0.1) is 5.92 Å². The van der Waals surface area contributed by atoms with Gasteiger partial charge >= 0.3 is 5.97 Å². The molecule has 0 radical (unpaired) electrons. The van der Waals surface area contributed by atoms with Crippen molar-refractivity contribution in [2.45, 2.75) is 11.8 Å². The first kappa shape index (κ1) is 20.3. The van der Waals surface area contributed by atoms with Crippen molar-refractivity contribution in [1.82, 2.24) is 0 Å². The number of fused-ring (bicyclic) bond motifs is 1. The second-order valence-corrected chi connectivity index (χ2v) is 8.16. The number of carbonyl (C=O) groups is 3. The highest BCUT2D eigenvalue weighted by molar-refractivity contribution is 6.31. The summed E-state index contributed by atoms with van der Waals surface area (Å²) in [4.78, 5) is 41.4. The molecular weight excluding hydrogens is 430 g/mol. The Balaban J connectivity index is 1.71. The molecule has 7 heteroatoms. The molecule has 1 fully saturated rings. The van der Waals surface area contributed by atoms with Crippen molar-refractivity contribution in [3.8, 4) is 11.5 Å². The lowest BCUT2D eigenvalue weighted by Gasteiger charge is -2.31. The Kier molecular flexibility index (Phi) is 4.75. The first-order valence-electron chi connectivity index (χ1n) is 10.1. The van der Waals surface area contributed by atoms with Crippen LogP contribution in [0.15, 0.2) is 72.8 Å². The topological polar surface area (TPSA) is 72.9 Å². The number of halogens is 1. The van der Waals surface area contributed by atoms with Crippen LogP contribution in [0.5, 0.6) is 11.5 Å². The van der Waals surface area contributed by atoms with E-state index in [-0.39, 0.29) is 12.3 Å². The molecule has 0 N–H and O–H groups in total. The summed E-state index contributed by atoms with van der Waals surface area (Å²) in [7, 11) is 1.52. The minimum absolute atomic E-state index is 0.137. The second-order valence-electron chi connectivity index (χ2n) is 7.73. The normalized spacial score (nSPS) is 22.1. The van der Waals surface area contributed by atoms with Crippen molar-refractivity contribution in [2.75, 3.05) is 12.0 Å². The number of carbonyl (C=O) groups excluding carboxylic acids is 3. The van der Waals surface area contributed by atoms with Gasteiger partial charge in [0.25, 0.3) is 0 Å². The monoisotopic (exact) mass is 447 g/mol. The van der Waals surface area contributed by atoms with Crippen LogP contribution in [-0.2, 0) is 19.8 Å². The first-order valence-corrected chi connectivity index (χ1v) is 10.4. The lowest BCUT2D eigenvalue weighted by molar-refractivity contribution is -0.141. The molecule has 0 bridgehead atoms. The molecule has 3 aromatic carbocycles. The summed E-state index contributed by atoms with van der Waals surface area (Å²) in [6.07, 6.45) is -0.137. The standard InChI is InChI=1S/C25H18ClNO5/c1-31-18-11-12-21-19(13-18)25(24(30)32-21,15-5-3-2-4-6-15)20-14-22(28)27(23(20)29)17-9-7-16(26)8-10-17/h2-13,20H,14H2,1H3/t20-,25+/m1/s1. The van der Waals surface area contributed by atoms with Gasteiger partial charge in [-0.2, -0.15) is 0 Å². The number of amides is 2. The summed E-state index contributed by atoms with van der Waals surface area (Å²) in [5.41, 5.74) is 0.0320. The molecule has 2 atom stereocenters. The van der Waals surface area contributed by atoms with E-state index in [1.165, 1.54) is 7.11 Å². The molecule has 160 valence electrons. The molecule has 0 unspecified atom stereocenters. The molecule has 2 aliphatic heterocycles. The van der Waals surface area contributed by atoms with Crippen LogP contribution in [0.2, 0.25) is 5.02 Å². The Morgan fingerprint density at radius 1 is 1.00 bits per heavy atom. The van der Waals surface area contributed by atoms with Crippen LogP contribution in [0.1, 0.15) is 17.5 Å². The summed E-state index contributed by atoms with van der Waals surface area (Å²) in [5, 5.41) is 0.491. The number of hydrogen-bond acceptors (Lipinski definition) is 5. The molecule has 2 aliphatic rings. The number of ether oxygens (including phenoxy) is 2. The highest BCUT2D eigenvalue weighted by atomic mass is 35.5. The van der Waals surface area contributed by atoms with Crippen LogP contribution >= 0.6 is 11.6 Å². The van der Waals surface area contributed by atoms with E-state index < -0.39 is 23.2 Å². The second kappa shape index (κ2) is 7.50. The van der Waals surface area contributed by atoms with Crippen molar-refractivity contribution >= 4 is 35.1 Å². The van der Waals surface area contributed by atoms with Gasteiger partial charge in [0.15, 0.2) is 0 Å². The lowest BCUT2D eigenvalue weighted by atomic mass is 9.65. The predicted octanol–water partition coefficient (Wildman–Crippen LogP) is 4.13. The quantitative estimate of drug-likeness (QED) is 0.341. The van der Waals surface area contributed by atoms with E-state index in [0.717, 1.165) is 4.90 Å². The van der Waals surface area contributed by atoms with Gasteiger partial charge in [0.1, 0.15) is 16.9 Å². The molecular formula is C25H18ClNO5. The van der Waals surface area contributed by atoms with E-state index in [2.05, 4.69) is 0 Å². The van der Waals surface area contributed by atoms with E-state index in [0.29, 0.717) is 33.3 Å². The fourth-order valence-corrected chi connectivity index (χ4v) is 4.79. The van der Waals surface area contributed by atoms with E-state index in [4.69, 9.17) is 21.1 Å². The molecule has 0 saturated carbocycles. The molecule has 0 aromatic heterocycles. The number of nitrogens with zero attached hydrogens (tertiary/aromatic N) is 1. The summed E-state index contributed by atoms with van der Waals surface area (Å²) < 4.78 is 11.0. The van der Waals surface area contributed by atoms with Gasteiger partial charge in [-0.1, -0.05) is 41.9 Å². The third-order valence-electron chi connectivity index (χ3n) is 6.12. The fraction of sp³-hybridized carbons (Fsp3) is 0.160. The molecule has 3 aromatic rings. The van der Waals surface area contributed by atoms with Crippen molar-refractivity contribution in [1.29, 1.82) is 0 Å². The van der Waals surface area contributed by atoms with Crippen LogP contribution in [0.25, 0.3) is 0 Å². The number of hydrogen-bond donors (Lipinski definition) is 0. The van der Waals surface area contributed by atoms with Gasteiger partial charge in [-0.15, -0.1) is 0 Å². The van der Waals surface area contributed by atoms with E-state index in [9.17, 15) is 14.4 Å². The zero-order chi connectivity index (χ0) is 22.5. The molecule has 5 rings (SSSR count). The zero-order valence-corrected chi connectivity index (χ0v) is 17.8. The molecule has 6 nitrogen and oxygen atoms in total. The third kappa shape index (κ3) is 2.83. The average Bonchev–Trinajstić information content (AvgIpc) is 3.27. The number of anilines is 1. The maximum Gasteiger partial charge on any atom is 0.327 e. The summed E-state index contributed by atoms with van der Waals surface area (Å²) >= 11 is 5.97. The number of esters is 1. The Morgan fingerprint density at radius 3 is 2.41 bits per heavy atom. The van der Waals surface area contributed by atoms with Gasteiger partial charge in [-0.05, 0) is 48.0 Å². The Morgan fingerprint density at radius 2 is 1.72 bits per heavy atom. The van der Waals surface area contributed by atoms with Crippen molar-refractivity contribution in [3.05, 3.63) is 88.9 Å². The summed E-state index contributed by atoms with van der Waals surface area (Å²) in [5.74, 6) is -1.54. The van der Waals surface area contributed by atoms with Crippen LogP contribution in [-0.4, -0.2) is 24.9 Å². The van der Waals surface area contributed by atoms with Gasteiger partial charge < -0.3 is 9.47 Å². The van der Waals surface area contributed by atoms with Crippen LogP contribution in [0.3, 0.4) is 0 Å². The zero-order valence-electron chi connectivity index (χ0n) is 17.1. The van der Waals surface area contributed by atoms with E-state index >= 15 is 0 Å². The first-order chi connectivity index (χ1) is 15.5. The number of rotatable bonds is 4. The smallest absolute Gasteiger partial charge is 0.327 e. The highest BCUT2D eigenvalue weighted by Crippen LogP contribution is 2.53. The van der Waals surface area contributed by atoms with Gasteiger partial charge in [0.2, 0.25) is 11.8 Å². The lowest BCUT2D eigenvalue weighted by Crippen LogP contribution is -2.46. The molecule has 32 heavy (non-hydrogen) atoms. The van der Waals surface area contributed by atoms with Crippen molar-refractivity contribution in [2.24, 2.45) is 5.92 Å². The Bertz CT molecular complexity index is 1240. The summed E-state index contributed by atoms with van der Waals surface area (Å²) in [6, 6.07) is 20.5. The number of benzene rings is 3. The Hall–Kier alpha value is -3.64. The van der Waals surface area contributed by atoms with E-state index in [1.54, 1.807) is 66.7 Å². The Labute approximate surface area is 189 Å². The molecule has 1 saturated heterocycles. The maximum atomic E-state index is 13.7. The molecule has 2 heterocycles. The number of imide groups is 1. The molecule has 0 spiro atoms. The largest absolute Gasteiger partial charge is 0.497 e. The third-order valence-corrected chi connectivity index (χ3v) is 6.37. The van der Waals surface area contributed by atoms with Gasteiger partial charge in [0, 0.05) is 17.0 Å². The average molecular weight is 448 g/mol. The maximum absolute atomic E-state index is 13.7. The highest BCUT2D eigenvalue weighted by Gasteiger charge is 2.62. The van der Waals surface area contributed by atoms with Gasteiger partial charge in [-0.25, -0.2) is 0 Å². The fourth-order valence-electron chi connectivity index (χ4n) is 4.66.